The number of fused-ring (bicyclic) bond motifs is 1. The van der Waals surface area contributed by atoms with E-state index >= 15 is 0 Å². The molecule has 1 amide bonds. The zero-order valence-electron chi connectivity index (χ0n) is 21.3. The average Bonchev–Trinajstić information content (AvgIpc) is 2.86. The van der Waals surface area contributed by atoms with Crippen molar-refractivity contribution in [3.8, 4) is 11.1 Å². The van der Waals surface area contributed by atoms with E-state index in [0.717, 1.165) is 48.7 Å². The molecule has 1 atom stereocenters. The molecule has 0 saturated carbocycles. The Morgan fingerprint density at radius 1 is 1.08 bits per heavy atom. The molecule has 0 aliphatic rings. The van der Waals surface area contributed by atoms with Gasteiger partial charge in [0.1, 0.15) is 0 Å². The Morgan fingerprint density at radius 3 is 2.36 bits per heavy atom. The summed E-state index contributed by atoms with van der Waals surface area (Å²) in [6, 6.07) is 15.9. The van der Waals surface area contributed by atoms with Crippen molar-refractivity contribution in [2.45, 2.75) is 44.4 Å². The monoisotopic (exact) mass is 513 g/mol. The van der Waals surface area contributed by atoms with E-state index in [0.29, 0.717) is 5.39 Å². The van der Waals surface area contributed by atoms with Crippen LogP contribution in [0.25, 0.3) is 21.9 Å². The van der Waals surface area contributed by atoms with Gasteiger partial charge in [0.15, 0.2) is 14.6 Å². The smallest absolute Gasteiger partial charge is 0.264 e. The van der Waals surface area contributed by atoms with Crippen LogP contribution in [0.3, 0.4) is 0 Å². The van der Waals surface area contributed by atoms with Crippen LogP contribution in [0.4, 0.5) is 0 Å². The van der Waals surface area contributed by atoms with Crippen LogP contribution in [-0.2, 0) is 27.6 Å². The maximum atomic E-state index is 13.1. The summed E-state index contributed by atoms with van der Waals surface area (Å²) in [4.78, 5) is 27.4. The molecule has 0 radical (unpaired) electrons. The molecule has 0 saturated heterocycles. The van der Waals surface area contributed by atoms with Gasteiger partial charge in [-0.1, -0.05) is 37.3 Å². The van der Waals surface area contributed by atoms with Crippen LogP contribution in [0.15, 0.2) is 59.5 Å². The van der Waals surface area contributed by atoms with E-state index in [1.165, 1.54) is 22.5 Å². The fourth-order valence-corrected chi connectivity index (χ4v) is 5.08. The molecule has 3 rings (SSSR count). The van der Waals surface area contributed by atoms with E-state index in [1.807, 2.05) is 18.2 Å². The molecule has 0 fully saturated rings. The number of hydroxylamine groups is 1. The summed E-state index contributed by atoms with van der Waals surface area (Å²) in [7, 11) is -1.71. The van der Waals surface area contributed by atoms with Gasteiger partial charge in [0.05, 0.1) is 0 Å². The van der Waals surface area contributed by atoms with Gasteiger partial charge in [-0.15, -0.1) is 0 Å². The summed E-state index contributed by atoms with van der Waals surface area (Å²) in [5.74, 6) is -1.03. The van der Waals surface area contributed by atoms with Crippen LogP contribution in [0.2, 0.25) is 0 Å². The Hall–Kier alpha value is -3.01. The number of aryl methyl sites for hydroxylation is 1. The standard InChI is InChI=1S/C27H35N3O5S/c1-5-15-29(3)16-12-20-6-8-21(9-7-20)22-10-11-24-23(19-22)13-17-30(25(24)31)18-14-27(2,26(32)28-33)36(4,34)35/h6-11,13,17,19,33H,5,12,14-16,18H2,1-4H3,(H,28,32)/t27-/m1/s1. The van der Waals surface area contributed by atoms with Crippen molar-refractivity contribution in [1.29, 1.82) is 0 Å². The van der Waals surface area contributed by atoms with Gasteiger partial charge in [0.2, 0.25) is 0 Å². The van der Waals surface area contributed by atoms with E-state index in [1.54, 1.807) is 12.3 Å². The molecular formula is C27H35N3O5S. The summed E-state index contributed by atoms with van der Waals surface area (Å²) < 4.78 is 23.9. The average molecular weight is 514 g/mol. The third-order valence-electron chi connectivity index (χ3n) is 6.88. The lowest BCUT2D eigenvalue weighted by Crippen LogP contribution is -2.49. The lowest BCUT2D eigenvalue weighted by atomic mass is 10.00. The highest BCUT2D eigenvalue weighted by molar-refractivity contribution is 7.92. The fourth-order valence-electron chi connectivity index (χ4n) is 4.24. The number of pyridine rings is 1. The predicted molar refractivity (Wildman–Crippen MR) is 143 cm³/mol. The van der Waals surface area contributed by atoms with E-state index in [-0.39, 0.29) is 18.5 Å². The molecule has 2 aromatic carbocycles. The largest absolute Gasteiger partial charge is 0.315 e. The van der Waals surface area contributed by atoms with Gasteiger partial charge in [-0.25, -0.2) is 13.9 Å². The molecular weight excluding hydrogens is 478 g/mol. The van der Waals surface area contributed by atoms with E-state index in [4.69, 9.17) is 5.21 Å². The molecule has 0 aliphatic carbocycles. The van der Waals surface area contributed by atoms with E-state index in [2.05, 4.69) is 43.1 Å². The van der Waals surface area contributed by atoms with Gasteiger partial charge >= 0.3 is 0 Å². The minimum Gasteiger partial charge on any atom is -0.315 e. The number of sulfone groups is 1. The number of nitrogens with zero attached hydrogens (tertiary/aromatic N) is 2. The summed E-state index contributed by atoms with van der Waals surface area (Å²) in [6.07, 6.45) is 4.51. The Labute approximate surface area is 212 Å². The highest BCUT2D eigenvalue weighted by atomic mass is 32.2. The van der Waals surface area contributed by atoms with Crippen LogP contribution in [0, 0.1) is 0 Å². The quantitative estimate of drug-likeness (QED) is 0.301. The highest BCUT2D eigenvalue weighted by Crippen LogP contribution is 2.25. The fraction of sp³-hybridized carbons (Fsp3) is 0.407. The summed E-state index contributed by atoms with van der Waals surface area (Å²) >= 11 is 0. The molecule has 8 nitrogen and oxygen atoms in total. The van der Waals surface area contributed by atoms with Crippen molar-refractivity contribution in [3.05, 3.63) is 70.6 Å². The van der Waals surface area contributed by atoms with Gasteiger partial charge < -0.3 is 9.47 Å². The molecule has 3 aromatic rings. The molecule has 0 spiro atoms. The van der Waals surface area contributed by atoms with E-state index < -0.39 is 20.5 Å². The number of carbonyl (C=O) groups excluding carboxylic acids is 1. The van der Waals surface area contributed by atoms with Crippen LogP contribution in [0.1, 0.15) is 32.3 Å². The lowest BCUT2D eigenvalue weighted by Gasteiger charge is -2.25. The van der Waals surface area contributed by atoms with Crippen molar-refractivity contribution in [3.63, 3.8) is 0 Å². The Bertz CT molecular complexity index is 1380. The molecule has 9 heteroatoms. The van der Waals surface area contributed by atoms with Gasteiger partial charge in [0, 0.05) is 30.9 Å². The Morgan fingerprint density at radius 2 is 1.75 bits per heavy atom. The van der Waals surface area contributed by atoms with E-state index in [9.17, 15) is 18.0 Å². The van der Waals surface area contributed by atoms with Crippen LogP contribution < -0.4 is 11.0 Å². The first kappa shape index (κ1) is 27.6. The number of carbonyl (C=O) groups is 1. The van der Waals surface area contributed by atoms with Crippen LogP contribution >= 0.6 is 0 Å². The van der Waals surface area contributed by atoms with Crippen LogP contribution in [0.5, 0.6) is 0 Å². The van der Waals surface area contributed by atoms with Gasteiger partial charge in [0.25, 0.3) is 11.5 Å². The molecule has 0 aliphatic heterocycles. The number of hydrogen-bond donors (Lipinski definition) is 2. The lowest BCUT2D eigenvalue weighted by molar-refractivity contribution is -0.131. The molecule has 1 aromatic heterocycles. The van der Waals surface area contributed by atoms with Gasteiger partial charge in [-0.3, -0.25) is 14.8 Å². The third-order valence-corrected chi connectivity index (χ3v) is 8.91. The Balaban J connectivity index is 1.80. The molecule has 0 unspecified atom stereocenters. The van der Waals surface area contributed by atoms with Crippen molar-refractivity contribution in [2.75, 3.05) is 26.4 Å². The summed E-state index contributed by atoms with van der Waals surface area (Å²) in [5, 5.41) is 10.3. The van der Waals surface area contributed by atoms with Crippen molar-refractivity contribution >= 4 is 26.5 Å². The second-order valence-electron chi connectivity index (χ2n) is 9.56. The first-order valence-electron chi connectivity index (χ1n) is 12.1. The zero-order valence-corrected chi connectivity index (χ0v) is 22.1. The molecule has 0 bridgehead atoms. The SMILES string of the molecule is CCCN(C)CCc1ccc(-c2ccc3c(=O)n(CC[C@](C)(C(=O)NO)S(C)(=O)=O)ccc3c2)cc1. The molecule has 194 valence electrons. The minimum atomic E-state index is -3.84. The second kappa shape index (κ2) is 11.4. The maximum absolute atomic E-state index is 13.1. The maximum Gasteiger partial charge on any atom is 0.264 e. The molecule has 1 heterocycles. The van der Waals surface area contributed by atoms with Crippen molar-refractivity contribution in [2.24, 2.45) is 0 Å². The normalized spacial score (nSPS) is 13.6. The Kier molecular flexibility index (Phi) is 8.71. The van der Waals surface area contributed by atoms with Gasteiger partial charge in [-0.05, 0) is 80.1 Å². The number of amides is 1. The first-order chi connectivity index (χ1) is 17.0. The number of hydrogen-bond acceptors (Lipinski definition) is 6. The number of likely N-dealkylation sites (N-methyl/N-ethyl adjacent to an activating group) is 1. The number of benzene rings is 2. The predicted octanol–water partition coefficient (Wildman–Crippen LogP) is 3.25. The third kappa shape index (κ3) is 6.03. The molecule has 2 N–H and O–H groups in total. The number of rotatable bonds is 11. The summed E-state index contributed by atoms with van der Waals surface area (Å²) in [5.41, 5.74) is 4.49. The minimum absolute atomic E-state index is 0.00240. The zero-order chi connectivity index (χ0) is 26.5. The molecule has 36 heavy (non-hydrogen) atoms. The highest BCUT2D eigenvalue weighted by Gasteiger charge is 2.43. The number of nitrogens with one attached hydrogen (secondary N) is 1. The van der Waals surface area contributed by atoms with Crippen molar-refractivity contribution in [1.82, 2.24) is 14.9 Å². The van der Waals surface area contributed by atoms with Gasteiger partial charge in [-0.2, -0.15) is 0 Å². The second-order valence-corrected chi connectivity index (χ2v) is 12.0. The summed E-state index contributed by atoms with van der Waals surface area (Å²) in [6.45, 7) is 5.52. The van der Waals surface area contributed by atoms with Crippen molar-refractivity contribution < 1.29 is 18.4 Å². The number of aromatic nitrogens is 1. The first-order valence-corrected chi connectivity index (χ1v) is 13.9. The van der Waals surface area contributed by atoms with Crippen LogP contribution in [-0.4, -0.2) is 60.1 Å². The topological polar surface area (TPSA) is 109 Å².